The Hall–Kier alpha value is -1.85. The Balaban J connectivity index is 1.46. The molecule has 1 amide bonds. The number of piperidine rings is 1. The van der Waals surface area contributed by atoms with E-state index in [2.05, 4.69) is 4.98 Å². The number of fused-ring (bicyclic) bond motifs is 1. The Morgan fingerprint density at radius 2 is 2.08 bits per heavy atom. The number of carbonyl (C=O) groups excluding carboxylic acids is 1. The molecule has 1 fully saturated rings. The minimum Gasteiger partial charge on any atom is -0.440 e. The normalized spacial score (nSPS) is 16.0. The summed E-state index contributed by atoms with van der Waals surface area (Å²) < 4.78 is 5.88. The van der Waals surface area contributed by atoms with Gasteiger partial charge >= 0.3 is 0 Å². The molecule has 1 aliphatic heterocycles. The summed E-state index contributed by atoms with van der Waals surface area (Å²) >= 11 is 7.56. The third kappa shape index (κ3) is 2.94. The van der Waals surface area contributed by atoms with Crippen molar-refractivity contribution in [3.63, 3.8) is 0 Å². The second-order valence-corrected chi connectivity index (χ2v) is 7.87. The smallest absolute Gasteiger partial charge is 0.263 e. The van der Waals surface area contributed by atoms with Gasteiger partial charge in [-0.3, -0.25) is 4.79 Å². The molecule has 4 nitrogen and oxygen atoms in total. The Kier molecular flexibility index (Phi) is 4.06. The van der Waals surface area contributed by atoms with Gasteiger partial charge in [-0.05, 0) is 50.1 Å². The molecule has 1 aliphatic rings. The van der Waals surface area contributed by atoms with Gasteiger partial charge in [0.25, 0.3) is 5.91 Å². The average molecular weight is 361 g/mol. The van der Waals surface area contributed by atoms with Crippen LogP contribution in [0.2, 0.25) is 5.02 Å². The van der Waals surface area contributed by atoms with Crippen molar-refractivity contribution in [3.8, 4) is 0 Å². The maximum absolute atomic E-state index is 12.5. The number of amides is 1. The number of hydrogen-bond donors (Lipinski definition) is 0. The highest BCUT2D eigenvalue weighted by Gasteiger charge is 2.28. The molecule has 3 aromatic rings. The number of carbonyl (C=O) groups is 1. The highest BCUT2D eigenvalue weighted by Crippen LogP contribution is 2.31. The highest BCUT2D eigenvalue weighted by molar-refractivity contribution is 7.13. The maximum Gasteiger partial charge on any atom is 0.263 e. The number of aryl methyl sites for hydroxylation is 1. The van der Waals surface area contributed by atoms with Gasteiger partial charge in [0.05, 0.1) is 4.88 Å². The largest absolute Gasteiger partial charge is 0.440 e. The Morgan fingerprint density at radius 3 is 2.79 bits per heavy atom. The molecular formula is C18H17ClN2O2S. The Bertz CT molecular complexity index is 893. The number of thiophene rings is 1. The predicted octanol–water partition coefficient (Wildman–Crippen LogP) is 4.87. The van der Waals surface area contributed by atoms with Crippen LogP contribution < -0.4 is 0 Å². The van der Waals surface area contributed by atoms with E-state index in [-0.39, 0.29) is 11.8 Å². The lowest BCUT2D eigenvalue weighted by molar-refractivity contribution is 0.0711. The first-order valence-electron chi connectivity index (χ1n) is 8.02. The van der Waals surface area contributed by atoms with Crippen molar-refractivity contribution in [1.82, 2.24) is 9.88 Å². The van der Waals surface area contributed by atoms with Crippen molar-refractivity contribution in [2.24, 2.45) is 0 Å². The summed E-state index contributed by atoms with van der Waals surface area (Å²) in [5.74, 6) is 1.15. The number of aromatic nitrogens is 1. The molecule has 1 saturated heterocycles. The minimum atomic E-state index is 0.135. The van der Waals surface area contributed by atoms with Crippen LogP contribution in [0.5, 0.6) is 0 Å². The summed E-state index contributed by atoms with van der Waals surface area (Å²) in [5.41, 5.74) is 1.56. The fourth-order valence-corrected chi connectivity index (χ4v) is 4.13. The van der Waals surface area contributed by atoms with E-state index in [0.717, 1.165) is 47.8 Å². The number of rotatable bonds is 2. The molecular weight excluding hydrogens is 344 g/mol. The second-order valence-electron chi connectivity index (χ2n) is 6.14. The van der Waals surface area contributed by atoms with E-state index in [1.807, 2.05) is 42.2 Å². The lowest BCUT2D eigenvalue weighted by Gasteiger charge is -2.30. The van der Waals surface area contributed by atoms with Crippen LogP contribution in [0.4, 0.5) is 0 Å². The first kappa shape index (κ1) is 15.7. The summed E-state index contributed by atoms with van der Waals surface area (Å²) in [5, 5.41) is 0.661. The standard InChI is InChI=1S/C18H17ClN2O2S/c1-11-2-5-16(24-11)18(22)21-8-6-12(7-9-21)17-20-14-10-13(19)3-4-15(14)23-17/h2-5,10,12H,6-9H2,1H3. The summed E-state index contributed by atoms with van der Waals surface area (Å²) in [7, 11) is 0. The zero-order valence-corrected chi connectivity index (χ0v) is 14.9. The lowest BCUT2D eigenvalue weighted by atomic mass is 9.96. The summed E-state index contributed by atoms with van der Waals surface area (Å²) in [4.78, 5) is 21.0. The van der Waals surface area contributed by atoms with Gasteiger partial charge in [-0.15, -0.1) is 11.3 Å². The van der Waals surface area contributed by atoms with E-state index in [0.29, 0.717) is 5.02 Å². The van der Waals surface area contributed by atoms with Gasteiger partial charge < -0.3 is 9.32 Å². The van der Waals surface area contributed by atoms with E-state index in [1.165, 1.54) is 4.88 Å². The van der Waals surface area contributed by atoms with Gasteiger partial charge in [-0.25, -0.2) is 4.98 Å². The van der Waals surface area contributed by atoms with Crippen LogP contribution in [0.1, 0.15) is 39.2 Å². The zero-order valence-electron chi connectivity index (χ0n) is 13.3. The van der Waals surface area contributed by atoms with Crippen molar-refractivity contribution >= 4 is 39.9 Å². The van der Waals surface area contributed by atoms with E-state index >= 15 is 0 Å². The number of nitrogens with zero attached hydrogens (tertiary/aromatic N) is 2. The van der Waals surface area contributed by atoms with Crippen molar-refractivity contribution < 1.29 is 9.21 Å². The third-order valence-electron chi connectivity index (χ3n) is 4.45. The molecule has 4 rings (SSSR count). The van der Waals surface area contributed by atoms with Gasteiger partial charge in [0.1, 0.15) is 5.52 Å². The quantitative estimate of drug-likeness (QED) is 0.654. The molecule has 0 unspecified atom stereocenters. The topological polar surface area (TPSA) is 46.3 Å². The van der Waals surface area contributed by atoms with Gasteiger partial charge in [-0.1, -0.05) is 11.6 Å². The number of hydrogen-bond acceptors (Lipinski definition) is 4. The molecule has 0 radical (unpaired) electrons. The fourth-order valence-electron chi connectivity index (χ4n) is 3.13. The molecule has 6 heteroatoms. The molecule has 0 aliphatic carbocycles. The van der Waals surface area contributed by atoms with E-state index < -0.39 is 0 Å². The van der Waals surface area contributed by atoms with Gasteiger partial charge in [0.15, 0.2) is 11.5 Å². The van der Waals surface area contributed by atoms with E-state index in [1.54, 1.807) is 11.3 Å². The maximum atomic E-state index is 12.5. The van der Waals surface area contributed by atoms with Crippen LogP contribution in [-0.2, 0) is 0 Å². The molecule has 0 N–H and O–H groups in total. The fraction of sp³-hybridized carbons (Fsp3) is 0.333. The molecule has 24 heavy (non-hydrogen) atoms. The molecule has 0 bridgehead atoms. The van der Waals surface area contributed by atoms with Crippen LogP contribution in [0.15, 0.2) is 34.7 Å². The SMILES string of the molecule is Cc1ccc(C(=O)N2CCC(c3nc4cc(Cl)ccc4o3)CC2)s1. The van der Waals surface area contributed by atoms with Crippen molar-refractivity contribution in [3.05, 3.63) is 51.0 Å². The molecule has 0 saturated carbocycles. The van der Waals surface area contributed by atoms with Crippen LogP contribution in [0.25, 0.3) is 11.1 Å². The van der Waals surface area contributed by atoms with Crippen LogP contribution in [0.3, 0.4) is 0 Å². The zero-order chi connectivity index (χ0) is 16.7. The predicted molar refractivity (Wildman–Crippen MR) is 96.0 cm³/mol. The van der Waals surface area contributed by atoms with Crippen LogP contribution >= 0.6 is 22.9 Å². The molecule has 0 atom stereocenters. The monoisotopic (exact) mass is 360 g/mol. The first-order valence-corrected chi connectivity index (χ1v) is 9.21. The molecule has 124 valence electrons. The third-order valence-corrected chi connectivity index (χ3v) is 5.67. The number of oxazole rings is 1. The molecule has 2 aromatic heterocycles. The minimum absolute atomic E-state index is 0.135. The van der Waals surface area contributed by atoms with Crippen LogP contribution in [-0.4, -0.2) is 28.9 Å². The molecule has 1 aromatic carbocycles. The second kappa shape index (κ2) is 6.22. The average Bonchev–Trinajstić information content (AvgIpc) is 3.20. The molecule has 0 spiro atoms. The number of benzene rings is 1. The van der Waals surface area contributed by atoms with Gasteiger partial charge in [0.2, 0.25) is 0 Å². The van der Waals surface area contributed by atoms with Gasteiger partial charge in [0, 0.05) is 28.9 Å². The van der Waals surface area contributed by atoms with E-state index in [9.17, 15) is 4.79 Å². The Morgan fingerprint density at radius 1 is 1.29 bits per heavy atom. The summed E-state index contributed by atoms with van der Waals surface area (Å²) in [6.07, 6.45) is 1.74. The van der Waals surface area contributed by atoms with Gasteiger partial charge in [-0.2, -0.15) is 0 Å². The van der Waals surface area contributed by atoms with Crippen molar-refractivity contribution in [1.29, 1.82) is 0 Å². The summed E-state index contributed by atoms with van der Waals surface area (Å²) in [6.45, 7) is 3.49. The van der Waals surface area contributed by atoms with Crippen LogP contribution in [0, 0.1) is 6.92 Å². The molecule has 3 heterocycles. The van der Waals surface area contributed by atoms with E-state index in [4.69, 9.17) is 16.0 Å². The highest BCUT2D eigenvalue weighted by atomic mass is 35.5. The number of likely N-dealkylation sites (tertiary alicyclic amines) is 1. The van der Waals surface area contributed by atoms with Crippen molar-refractivity contribution in [2.75, 3.05) is 13.1 Å². The first-order chi connectivity index (χ1) is 11.6. The lowest BCUT2D eigenvalue weighted by Crippen LogP contribution is -2.37. The number of halogens is 1. The Labute approximate surface area is 149 Å². The van der Waals surface area contributed by atoms with Crippen molar-refractivity contribution in [2.45, 2.75) is 25.7 Å². The summed E-state index contributed by atoms with van der Waals surface area (Å²) in [6, 6.07) is 9.39.